The molecule has 0 radical (unpaired) electrons. The van der Waals surface area contributed by atoms with Crippen LogP contribution in [0.25, 0.3) is 0 Å². The molecule has 0 spiro atoms. The Morgan fingerprint density at radius 2 is 1.45 bits per heavy atom. The number of aliphatic hydroxyl groups excluding tert-OH is 8. The molecule has 3 heterocycles. The van der Waals surface area contributed by atoms with Gasteiger partial charge < -0.3 is 109 Å². The fourth-order valence-electron chi connectivity index (χ4n) is 6.65. The Balaban J connectivity index is 1.55. The van der Waals surface area contributed by atoms with Crippen LogP contribution in [0.4, 0.5) is 0 Å². The van der Waals surface area contributed by atoms with Crippen LogP contribution in [-0.2, 0) is 33.2 Å². The molecule has 3 aliphatic heterocycles. The Kier molecular flexibility index (Phi) is 16.1. The van der Waals surface area contributed by atoms with Gasteiger partial charge >= 0.3 is 0 Å². The van der Waals surface area contributed by atoms with Gasteiger partial charge in [-0.3, -0.25) is 4.79 Å². The summed E-state index contributed by atoms with van der Waals surface area (Å²) in [7, 11) is 0. The summed E-state index contributed by atoms with van der Waals surface area (Å²) in [6.45, 7) is -0.652. The lowest BCUT2D eigenvalue weighted by Gasteiger charge is -2.46. The van der Waals surface area contributed by atoms with Crippen molar-refractivity contribution in [1.29, 1.82) is 0 Å². The molecule has 0 bridgehead atoms. The van der Waals surface area contributed by atoms with Crippen LogP contribution >= 0.6 is 0 Å². The van der Waals surface area contributed by atoms with Gasteiger partial charge in [-0.25, -0.2) is 0 Å². The second-order valence-electron chi connectivity index (χ2n) is 13.4. The highest BCUT2D eigenvalue weighted by Crippen LogP contribution is 2.34. The third-order valence-corrected chi connectivity index (χ3v) is 9.71. The topological polar surface area (TPSA) is 388 Å². The fraction of sp³-hybridized carbons (Fsp3) is 0.966. The molecule has 3 saturated heterocycles. The van der Waals surface area contributed by atoms with Gasteiger partial charge in [-0.05, 0) is 19.3 Å². The average Bonchev–Trinajstić information content (AvgIpc) is 3.41. The molecule has 19 atom stereocenters. The van der Waals surface area contributed by atoms with E-state index in [4.69, 9.17) is 62.2 Å². The number of hydrogen-bond donors (Lipinski definition) is 15. The molecule has 298 valence electrons. The van der Waals surface area contributed by atoms with Crippen molar-refractivity contribution in [3.63, 3.8) is 0 Å². The molecule has 0 unspecified atom stereocenters. The van der Waals surface area contributed by atoms with Crippen LogP contribution in [0.15, 0.2) is 0 Å². The minimum Gasteiger partial charge on any atom is -0.395 e. The number of nitrogens with two attached hydrogens (primary N) is 5. The number of amides is 1. The van der Waals surface area contributed by atoms with Crippen molar-refractivity contribution in [2.24, 2.45) is 28.7 Å². The molecule has 20 N–H and O–H groups in total. The first-order chi connectivity index (χ1) is 24.3. The molecule has 0 aromatic carbocycles. The number of nitrogens with one attached hydrogen (secondary N) is 2. The zero-order chi connectivity index (χ0) is 37.6. The molecule has 1 aliphatic carbocycles. The highest BCUT2D eigenvalue weighted by molar-refractivity contribution is 5.81. The van der Waals surface area contributed by atoms with Crippen molar-refractivity contribution in [1.82, 2.24) is 10.6 Å². The Morgan fingerprint density at radius 3 is 2.10 bits per heavy atom. The molecule has 0 aromatic rings. The van der Waals surface area contributed by atoms with E-state index in [2.05, 4.69) is 10.6 Å². The Hall–Kier alpha value is -1.33. The molecule has 4 aliphatic rings. The third kappa shape index (κ3) is 10.1. The van der Waals surface area contributed by atoms with E-state index < -0.39 is 129 Å². The van der Waals surface area contributed by atoms with Crippen molar-refractivity contribution in [3.8, 4) is 0 Å². The zero-order valence-electron chi connectivity index (χ0n) is 28.2. The quantitative estimate of drug-likeness (QED) is 0.0652. The second-order valence-corrected chi connectivity index (χ2v) is 13.4. The maximum atomic E-state index is 12.8. The van der Waals surface area contributed by atoms with Crippen molar-refractivity contribution in [2.45, 2.75) is 136 Å². The number of hydrogen-bond acceptors (Lipinski definition) is 21. The zero-order valence-corrected chi connectivity index (χ0v) is 28.2. The van der Waals surface area contributed by atoms with E-state index in [-0.39, 0.29) is 25.7 Å². The van der Waals surface area contributed by atoms with Crippen LogP contribution in [0.5, 0.6) is 0 Å². The van der Waals surface area contributed by atoms with Gasteiger partial charge in [0.15, 0.2) is 25.0 Å². The lowest BCUT2D eigenvalue weighted by Crippen LogP contribution is -2.67. The maximum Gasteiger partial charge on any atom is 0.251 e. The smallest absolute Gasteiger partial charge is 0.251 e. The first-order valence-electron chi connectivity index (χ1n) is 17.2. The normalized spacial score (nSPS) is 44.6. The van der Waals surface area contributed by atoms with Crippen molar-refractivity contribution < 1.29 is 74.1 Å². The van der Waals surface area contributed by atoms with E-state index in [0.29, 0.717) is 25.9 Å². The van der Waals surface area contributed by atoms with E-state index in [1.165, 1.54) is 0 Å². The molecule has 4 rings (SSSR count). The highest BCUT2D eigenvalue weighted by atomic mass is 16.8. The van der Waals surface area contributed by atoms with Crippen LogP contribution in [-0.4, -0.2) is 202 Å². The predicted octanol–water partition coefficient (Wildman–Crippen LogP) is -9.38. The summed E-state index contributed by atoms with van der Waals surface area (Å²) >= 11 is 0. The van der Waals surface area contributed by atoms with E-state index in [9.17, 15) is 40.5 Å². The van der Waals surface area contributed by atoms with Gasteiger partial charge in [-0.2, -0.15) is 0 Å². The molecule has 22 heteroatoms. The average molecular weight is 744 g/mol. The van der Waals surface area contributed by atoms with Crippen molar-refractivity contribution >= 4 is 5.91 Å². The number of aliphatic hydroxyl groups is 8. The lowest BCUT2D eigenvalue weighted by molar-refractivity contribution is -0.290. The molecule has 51 heavy (non-hydrogen) atoms. The number of ether oxygens (including phenoxy) is 6. The van der Waals surface area contributed by atoms with Gasteiger partial charge in [-0.1, -0.05) is 0 Å². The van der Waals surface area contributed by atoms with Crippen LogP contribution in [0.2, 0.25) is 0 Å². The third-order valence-electron chi connectivity index (χ3n) is 9.71. The van der Waals surface area contributed by atoms with Crippen molar-refractivity contribution in [3.05, 3.63) is 0 Å². The standard InChI is InChI=1S/C29H57N7O15/c30-6-14(39)19(41)26(45)36-13-5-12(33)23(49-27-11(32)2-1-10(46-27)8-35-3-4-37)25(18(13)40)51-29-22(44)24(16(9-38)48-29)50-28-17(34)21(43)20(42)15(7-31)47-28/h10-25,27-29,35,37-44H,1-9,30-34H2,(H,36,45)/t10-,11+,12-,13+,14-,15-,16+,17+,18-,19-,20+,21+,22+,23+,24+,25+,27+,28+,29-/m0/s1. The molecule has 1 saturated carbocycles. The van der Waals surface area contributed by atoms with Crippen LogP contribution in [0.3, 0.4) is 0 Å². The van der Waals surface area contributed by atoms with E-state index >= 15 is 0 Å². The maximum absolute atomic E-state index is 12.8. The molecule has 22 nitrogen and oxygen atoms in total. The van der Waals surface area contributed by atoms with Crippen LogP contribution in [0.1, 0.15) is 19.3 Å². The largest absolute Gasteiger partial charge is 0.395 e. The summed E-state index contributed by atoms with van der Waals surface area (Å²) in [6, 6.07) is -4.07. The molecule has 1 amide bonds. The molecule has 4 fully saturated rings. The summed E-state index contributed by atoms with van der Waals surface area (Å²) in [5, 5.41) is 88.4. The van der Waals surface area contributed by atoms with Gasteiger partial charge in [0, 0.05) is 32.2 Å². The summed E-state index contributed by atoms with van der Waals surface area (Å²) in [5.41, 5.74) is 29.9. The van der Waals surface area contributed by atoms with Gasteiger partial charge in [0.05, 0.1) is 37.4 Å². The van der Waals surface area contributed by atoms with Gasteiger partial charge in [-0.15, -0.1) is 0 Å². The summed E-state index contributed by atoms with van der Waals surface area (Å²) in [4.78, 5) is 12.8. The monoisotopic (exact) mass is 743 g/mol. The SMILES string of the molecule is NC[C@@H]1O[C@H](O[C@H]2[C@@H](O)[C@H](O[C@@H]3[C@@H](O)[C@H](NC(=O)[C@@H](O)[C@@H](O)CN)C[C@H](N)[C@H]3O[C@H]3O[C@H](CNCCO)CC[C@H]3N)O[C@@H]2CO)[C@H](N)[C@@H](O)[C@@H]1O. The number of carbonyl (C=O) groups excluding carboxylic acids is 1. The van der Waals surface area contributed by atoms with Crippen LogP contribution in [0, 0.1) is 0 Å². The van der Waals surface area contributed by atoms with E-state index in [0.717, 1.165) is 0 Å². The van der Waals surface area contributed by atoms with Crippen molar-refractivity contribution in [2.75, 3.05) is 39.4 Å². The number of carbonyl (C=O) groups is 1. The second kappa shape index (κ2) is 19.3. The summed E-state index contributed by atoms with van der Waals surface area (Å²) in [5.74, 6) is -1.05. The number of rotatable bonds is 16. The summed E-state index contributed by atoms with van der Waals surface area (Å²) < 4.78 is 35.7. The minimum atomic E-state index is -1.92. The minimum absolute atomic E-state index is 0.0716. The first kappa shape index (κ1) is 42.4. The van der Waals surface area contributed by atoms with E-state index in [1.54, 1.807) is 0 Å². The highest BCUT2D eigenvalue weighted by Gasteiger charge is 2.54. The Morgan fingerprint density at radius 1 is 0.784 bits per heavy atom. The molecular formula is C29H57N7O15. The Labute approximate surface area is 294 Å². The molecular weight excluding hydrogens is 686 g/mol. The van der Waals surface area contributed by atoms with Gasteiger partial charge in [0.1, 0.15) is 61.0 Å². The molecule has 0 aromatic heterocycles. The lowest BCUT2D eigenvalue weighted by atomic mass is 9.83. The Bertz CT molecular complexity index is 1080. The fourth-order valence-corrected chi connectivity index (χ4v) is 6.65. The summed E-state index contributed by atoms with van der Waals surface area (Å²) in [6.07, 6.45) is -19.6. The first-order valence-corrected chi connectivity index (χ1v) is 17.2. The van der Waals surface area contributed by atoms with Crippen LogP contribution < -0.4 is 39.3 Å². The van der Waals surface area contributed by atoms with Gasteiger partial charge in [0.25, 0.3) is 5.91 Å². The predicted molar refractivity (Wildman–Crippen MR) is 172 cm³/mol. The van der Waals surface area contributed by atoms with E-state index in [1.807, 2.05) is 0 Å². The van der Waals surface area contributed by atoms with Gasteiger partial charge in [0.2, 0.25) is 0 Å².